The number of Topliss-reactive ketones (excluding diaryl/α,β-unsaturated/α-hetero) is 2. The fourth-order valence-corrected chi connectivity index (χ4v) is 4.86. The first kappa shape index (κ1) is 33.6. The van der Waals surface area contributed by atoms with Gasteiger partial charge in [-0.15, -0.1) is 0 Å². The Morgan fingerprint density at radius 3 is 1.28 bits per heavy atom. The lowest BCUT2D eigenvalue weighted by Crippen LogP contribution is -2.18. The van der Waals surface area contributed by atoms with Crippen LogP contribution in [0.25, 0.3) is 33.7 Å². The fourth-order valence-electron chi connectivity index (χ4n) is 4.86. The van der Waals surface area contributed by atoms with E-state index in [1.165, 1.54) is 26.0 Å². The van der Waals surface area contributed by atoms with Gasteiger partial charge in [-0.25, -0.2) is 9.59 Å². The lowest BCUT2D eigenvalue weighted by atomic mass is 10.00. The zero-order chi connectivity index (χ0) is 33.4. The number of fused-ring (bicyclic) bond motifs is 2. The number of ether oxygens (including phenoxy) is 4. The Morgan fingerprint density at radius 2 is 0.935 bits per heavy atom. The highest BCUT2D eigenvalue weighted by Gasteiger charge is 2.21. The molecule has 0 aliphatic carbocycles. The summed E-state index contributed by atoms with van der Waals surface area (Å²) >= 11 is 0. The maximum absolute atomic E-state index is 12.8. The Kier molecular flexibility index (Phi) is 11.1. The van der Waals surface area contributed by atoms with E-state index in [9.17, 15) is 19.2 Å². The van der Waals surface area contributed by atoms with Crippen LogP contribution in [-0.4, -0.2) is 48.9 Å². The minimum atomic E-state index is -0.705. The number of carbonyl (C=O) groups excluding carboxylic acids is 4. The monoisotopic (exact) mass is 622 g/mol. The van der Waals surface area contributed by atoms with E-state index in [2.05, 4.69) is 0 Å². The van der Waals surface area contributed by atoms with E-state index in [-0.39, 0.29) is 24.4 Å². The minimum Gasteiger partial charge on any atom is -0.489 e. The van der Waals surface area contributed by atoms with Crippen molar-refractivity contribution in [2.45, 2.75) is 53.8 Å². The molecule has 238 valence electrons. The molecule has 0 bridgehead atoms. The van der Waals surface area contributed by atoms with Crippen LogP contribution in [0.5, 0.6) is 11.5 Å². The van der Waals surface area contributed by atoms with Gasteiger partial charge in [0.15, 0.2) is 11.6 Å². The Bertz CT molecular complexity index is 1710. The molecular formula is C38H38O8. The molecule has 0 fully saturated rings. The van der Waals surface area contributed by atoms with Gasteiger partial charge in [0.25, 0.3) is 0 Å². The Balaban J connectivity index is 1.65. The molecule has 0 N–H and O–H groups in total. The predicted molar refractivity (Wildman–Crippen MR) is 179 cm³/mol. The SMILES string of the molecule is CC(=O)/C(=C/c1c(OCCOc2ccc3ccccc3c2/C=C(/C(C)=O)C(=O)OC(C)C)ccc2ccccc12)C(=O)OC(C)C. The fraction of sp³-hybridized carbons (Fsp3) is 0.263. The van der Waals surface area contributed by atoms with E-state index < -0.39 is 35.7 Å². The van der Waals surface area contributed by atoms with Gasteiger partial charge in [-0.2, -0.15) is 0 Å². The molecular weight excluding hydrogens is 584 g/mol. The van der Waals surface area contributed by atoms with E-state index in [4.69, 9.17) is 18.9 Å². The second-order valence-electron chi connectivity index (χ2n) is 11.2. The van der Waals surface area contributed by atoms with Gasteiger partial charge in [0.05, 0.1) is 12.2 Å². The summed E-state index contributed by atoms with van der Waals surface area (Å²) in [4.78, 5) is 50.5. The highest BCUT2D eigenvalue weighted by molar-refractivity contribution is 6.21. The molecule has 4 aromatic rings. The van der Waals surface area contributed by atoms with Gasteiger partial charge >= 0.3 is 11.9 Å². The first-order valence-corrected chi connectivity index (χ1v) is 15.1. The van der Waals surface area contributed by atoms with Crippen LogP contribution in [0.3, 0.4) is 0 Å². The van der Waals surface area contributed by atoms with E-state index >= 15 is 0 Å². The molecule has 0 amide bonds. The van der Waals surface area contributed by atoms with Crippen molar-refractivity contribution >= 4 is 57.2 Å². The number of hydrogen-bond acceptors (Lipinski definition) is 8. The summed E-state index contributed by atoms with van der Waals surface area (Å²) in [6, 6.07) is 22.5. The van der Waals surface area contributed by atoms with Gasteiger partial charge in [0.2, 0.25) is 0 Å². The Labute approximate surface area is 268 Å². The lowest BCUT2D eigenvalue weighted by molar-refractivity contribution is -0.145. The zero-order valence-electron chi connectivity index (χ0n) is 26.9. The van der Waals surface area contributed by atoms with Gasteiger partial charge in [0, 0.05) is 11.1 Å². The van der Waals surface area contributed by atoms with Crippen LogP contribution in [-0.2, 0) is 28.7 Å². The minimum absolute atomic E-state index is 0.0870. The van der Waals surface area contributed by atoms with Crippen LogP contribution in [0.15, 0.2) is 83.9 Å². The van der Waals surface area contributed by atoms with E-state index in [1.807, 2.05) is 60.7 Å². The van der Waals surface area contributed by atoms with Gasteiger partial charge in [0.1, 0.15) is 35.9 Å². The number of rotatable bonds is 13. The van der Waals surface area contributed by atoms with Crippen molar-refractivity contribution in [3.05, 3.63) is 95.1 Å². The summed E-state index contributed by atoms with van der Waals surface area (Å²) in [5.41, 5.74) is 0.952. The van der Waals surface area contributed by atoms with Crippen LogP contribution in [0.4, 0.5) is 0 Å². The number of hydrogen-bond donors (Lipinski definition) is 0. The average Bonchev–Trinajstić information content (AvgIpc) is 3.00. The molecule has 8 heteroatoms. The summed E-state index contributed by atoms with van der Waals surface area (Å²) in [5.74, 6) is -1.36. The maximum atomic E-state index is 12.8. The van der Waals surface area contributed by atoms with Crippen LogP contribution < -0.4 is 9.47 Å². The van der Waals surface area contributed by atoms with Crippen LogP contribution in [0.1, 0.15) is 52.7 Å². The van der Waals surface area contributed by atoms with Crippen molar-refractivity contribution in [1.82, 2.24) is 0 Å². The van der Waals surface area contributed by atoms with E-state index in [1.54, 1.807) is 39.8 Å². The third kappa shape index (κ3) is 8.27. The van der Waals surface area contributed by atoms with E-state index in [0.29, 0.717) is 22.6 Å². The highest BCUT2D eigenvalue weighted by Crippen LogP contribution is 2.33. The second kappa shape index (κ2) is 15.2. The van der Waals surface area contributed by atoms with Gasteiger partial charge < -0.3 is 18.9 Å². The molecule has 46 heavy (non-hydrogen) atoms. The van der Waals surface area contributed by atoms with Crippen LogP contribution in [0, 0.1) is 0 Å². The topological polar surface area (TPSA) is 105 Å². The van der Waals surface area contributed by atoms with Crippen molar-refractivity contribution in [2.24, 2.45) is 0 Å². The number of esters is 2. The third-order valence-electron chi connectivity index (χ3n) is 6.92. The quantitative estimate of drug-likeness (QED) is 0.0503. The zero-order valence-corrected chi connectivity index (χ0v) is 26.9. The van der Waals surface area contributed by atoms with Crippen molar-refractivity contribution < 1.29 is 38.1 Å². The standard InChI is InChI=1S/C38H38O8/c1-23(2)45-37(41)31(25(5)39)21-33-29-13-9-7-11-27(29)15-17-35(33)43-19-20-44-36-18-16-28-12-8-10-14-30(28)34(36)22-32(26(6)40)38(42)46-24(3)4/h7-18,21-24H,19-20H2,1-6H3/b31-21-,32-22-. The molecule has 0 unspecified atom stereocenters. The summed E-state index contributed by atoms with van der Waals surface area (Å²) in [7, 11) is 0. The van der Waals surface area contributed by atoms with Crippen LogP contribution >= 0.6 is 0 Å². The van der Waals surface area contributed by atoms with Gasteiger partial charge in [-0.05, 0) is 87.4 Å². The maximum Gasteiger partial charge on any atom is 0.342 e. The lowest BCUT2D eigenvalue weighted by Gasteiger charge is -2.16. The Hall–Kier alpha value is -5.24. The summed E-state index contributed by atoms with van der Waals surface area (Å²) in [5, 5.41) is 3.40. The van der Waals surface area contributed by atoms with Crippen molar-refractivity contribution in [1.29, 1.82) is 0 Å². The first-order valence-electron chi connectivity index (χ1n) is 15.1. The second-order valence-corrected chi connectivity index (χ2v) is 11.2. The Morgan fingerprint density at radius 1 is 0.565 bits per heavy atom. The van der Waals surface area contributed by atoms with Crippen molar-refractivity contribution in [3.63, 3.8) is 0 Å². The molecule has 0 saturated heterocycles. The van der Waals surface area contributed by atoms with Crippen LogP contribution in [0.2, 0.25) is 0 Å². The molecule has 0 atom stereocenters. The van der Waals surface area contributed by atoms with Crippen molar-refractivity contribution in [2.75, 3.05) is 13.2 Å². The van der Waals surface area contributed by atoms with Gasteiger partial charge in [-0.3, -0.25) is 9.59 Å². The smallest absolute Gasteiger partial charge is 0.342 e. The number of benzene rings is 4. The highest BCUT2D eigenvalue weighted by atomic mass is 16.5. The molecule has 4 rings (SSSR count). The largest absolute Gasteiger partial charge is 0.489 e. The van der Waals surface area contributed by atoms with E-state index in [0.717, 1.165) is 21.5 Å². The molecule has 8 nitrogen and oxygen atoms in total. The van der Waals surface area contributed by atoms with Crippen molar-refractivity contribution in [3.8, 4) is 11.5 Å². The summed E-state index contributed by atoms with van der Waals surface area (Å²) in [6.07, 6.45) is 2.24. The molecule has 0 aliphatic heterocycles. The molecule has 0 saturated carbocycles. The number of ketones is 2. The molecule has 0 radical (unpaired) electrons. The summed E-state index contributed by atoms with van der Waals surface area (Å²) < 4.78 is 23.0. The molecule has 0 heterocycles. The molecule has 0 spiro atoms. The third-order valence-corrected chi connectivity index (χ3v) is 6.92. The first-order chi connectivity index (χ1) is 22.0. The number of carbonyl (C=O) groups is 4. The average molecular weight is 623 g/mol. The molecule has 0 aromatic heterocycles. The molecule has 0 aliphatic rings. The van der Waals surface area contributed by atoms with Gasteiger partial charge in [-0.1, -0.05) is 60.7 Å². The predicted octanol–water partition coefficient (Wildman–Crippen LogP) is 7.30. The summed E-state index contributed by atoms with van der Waals surface area (Å²) in [6.45, 7) is 9.74. The molecule has 4 aromatic carbocycles. The normalized spacial score (nSPS) is 12.0.